The van der Waals surface area contributed by atoms with Crippen LogP contribution in [0, 0.1) is 11.8 Å². The number of H-pyrrole nitrogens is 1. The lowest BCUT2D eigenvalue weighted by atomic mass is 9.97. The molecule has 5 atom stereocenters. The van der Waals surface area contributed by atoms with Crippen LogP contribution >= 0.6 is 0 Å². The SMILES string of the molecule is CCC(C)C(NC(=O)C(N)Cc1cnc[nH]1)C(=O)NC(C)C(=O)NC(CC(C)C)C(=O)O. The van der Waals surface area contributed by atoms with Crippen LogP contribution in [0.3, 0.4) is 0 Å². The molecule has 0 aromatic carbocycles. The number of rotatable bonds is 13. The first kappa shape index (κ1) is 27.1. The van der Waals surface area contributed by atoms with Gasteiger partial charge in [0.05, 0.1) is 12.4 Å². The fraction of sp³-hybridized carbons (Fsp3) is 0.667. The molecule has 32 heavy (non-hydrogen) atoms. The number of aromatic nitrogens is 2. The predicted molar refractivity (Wildman–Crippen MR) is 118 cm³/mol. The van der Waals surface area contributed by atoms with Crippen molar-refractivity contribution >= 4 is 23.7 Å². The zero-order chi connectivity index (χ0) is 24.4. The van der Waals surface area contributed by atoms with Crippen LogP contribution in [0.2, 0.25) is 0 Å². The van der Waals surface area contributed by atoms with Crippen LogP contribution in [0.15, 0.2) is 12.5 Å². The molecule has 1 rings (SSSR count). The summed E-state index contributed by atoms with van der Waals surface area (Å²) in [6.45, 7) is 8.84. The quantitative estimate of drug-likeness (QED) is 0.242. The summed E-state index contributed by atoms with van der Waals surface area (Å²) in [5.74, 6) is -2.95. The third-order valence-electron chi connectivity index (χ3n) is 5.20. The largest absolute Gasteiger partial charge is 0.480 e. The van der Waals surface area contributed by atoms with Gasteiger partial charge in [-0.2, -0.15) is 0 Å². The van der Waals surface area contributed by atoms with E-state index in [-0.39, 0.29) is 24.7 Å². The number of carboxylic acids is 1. The van der Waals surface area contributed by atoms with Crippen molar-refractivity contribution in [1.82, 2.24) is 25.9 Å². The fourth-order valence-corrected chi connectivity index (χ4v) is 3.05. The second-order valence-electron chi connectivity index (χ2n) is 8.52. The van der Waals surface area contributed by atoms with Gasteiger partial charge in [0, 0.05) is 18.3 Å². The lowest BCUT2D eigenvalue weighted by Crippen LogP contribution is -2.58. The summed E-state index contributed by atoms with van der Waals surface area (Å²) in [4.78, 5) is 56.0. The number of carboxylic acid groups (broad SMARTS) is 1. The van der Waals surface area contributed by atoms with Crippen LogP contribution in [0.1, 0.15) is 53.2 Å². The highest BCUT2D eigenvalue weighted by molar-refractivity contribution is 5.94. The van der Waals surface area contributed by atoms with E-state index in [1.807, 2.05) is 20.8 Å². The maximum Gasteiger partial charge on any atom is 0.326 e. The molecule has 180 valence electrons. The Labute approximate surface area is 188 Å². The van der Waals surface area contributed by atoms with Gasteiger partial charge in [-0.05, 0) is 25.2 Å². The Morgan fingerprint density at radius 3 is 2.22 bits per heavy atom. The molecular formula is C21H36N6O5. The third-order valence-corrected chi connectivity index (χ3v) is 5.20. The molecule has 0 aliphatic carbocycles. The topological polar surface area (TPSA) is 179 Å². The van der Waals surface area contributed by atoms with E-state index in [1.165, 1.54) is 13.3 Å². The lowest BCUT2D eigenvalue weighted by Gasteiger charge is -2.27. The highest BCUT2D eigenvalue weighted by atomic mass is 16.4. The summed E-state index contributed by atoms with van der Waals surface area (Å²) in [5.41, 5.74) is 6.65. The molecule has 3 amide bonds. The maximum atomic E-state index is 12.9. The maximum absolute atomic E-state index is 12.9. The smallest absolute Gasteiger partial charge is 0.326 e. The van der Waals surface area contributed by atoms with E-state index >= 15 is 0 Å². The summed E-state index contributed by atoms with van der Waals surface area (Å²) >= 11 is 0. The monoisotopic (exact) mass is 452 g/mol. The van der Waals surface area contributed by atoms with Crippen molar-refractivity contribution in [3.05, 3.63) is 18.2 Å². The fourth-order valence-electron chi connectivity index (χ4n) is 3.05. The van der Waals surface area contributed by atoms with E-state index < -0.39 is 47.9 Å². The molecule has 0 radical (unpaired) electrons. The molecule has 0 saturated carbocycles. The minimum absolute atomic E-state index is 0.0669. The number of aliphatic carboxylic acids is 1. The van der Waals surface area contributed by atoms with Crippen molar-refractivity contribution in [3.63, 3.8) is 0 Å². The molecule has 1 aromatic heterocycles. The van der Waals surface area contributed by atoms with Crippen LogP contribution in [-0.2, 0) is 25.6 Å². The normalized spacial score (nSPS) is 15.8. The summed E-state index contributed by atoms with van der Waals surface area (Å²) < 4.78 is 0. The number of hydrogen-bond donors (Lipinski definition) is 6. The highest BCUT2D eigenvalue weighted by Crippen LogP contribution is 2.10. The molecule has 0 fully saturated rings. The van der Waals surface area contributed by atoms with Crippen molar-refractivity contribution < 1.29 is 24.3 Å². The van der Waals surface area contributed by atoms with Gasteiger partial charge in [-0.3, -0.25) is 14.4 Å². The molecule has 0 bridgehead atoms. The van der Waals surface area contributed by atoms with Crippen molar-refractivity contribution in [2.24, 2.45) is 17.6 Å². The Morgan fingerprint density at radius 2 is 1.72 bits per heavy atom. The van der Waals surface area contributed by atoms with E-state index in [0.717, 1.165) is 0 Å². The van der Waals surface area contributed by atoms with Crippen LogP contribution in [-0.4, -0.2) is 62.9 Å². The molecule has 11 heteroatoms. The lowest BCUT2D eigenvalue weighted by molar-refractivity contribution is -0.142. The Balaban J connectivity index is 2.76. The zero-order valence-electron chi connectivity index (χ0n) is 19.3. The van der Waals surface area contributed by atoms with Gasteiger partial charge in [0.25, 0.3) is 0 Å². The molecule has 5 unspecified atom stereocenters. The number of aromatic amines is 1. The number of carbonyl (C=O) groups excluding carboxylic acids is 3. The summed E-state index contributed by atoms with van der Waals surface area (Å²) in [7, 11) is 0. The number of imidazole rings is 1. The Morgan fingerprint density at radius 1 is 1.06 bits per heavy atom. The Bertz CT molecular complexity index is 767. The third kappa shape index (κ3) is 8.66. The average Bonchev–Trinajstić information content (AvgIpc) is 3.22. The predicted octanol–water partition coefficient (Wildman–Crippen LogP) is -0.0694. The number of hydrogen-bond acceptors (Lipinski definition) is 6. The first-order chi connectivity index (χ1) is 15.0. The first-order valence-electron chi connectivity index (χ1n) is 10.8. The van der Waals surface area contributed by atoms with Gasteiger partial charge in [-0.1, -0.05) is 34.1 Å². The second kappa shape index (κ2) is 12.8. The summed E-state index contributed by atoms with van der Waals surface area (Å²) in [5, 5.41) is 17.0. The van der Waals surface area contributed by atoms with Crippen molar-refractivity contribution in [2.75, 3.05) is 0 Å². The Hall–Kier alpha value is -2.95. The molecule has 0 spiro atoms. The van der Waals surface area contributed by atoms with E-state index in [9.17, 15) is 24.3 Å². The number of amides is 3. The van der Waals surface area contributed by atoms with Gasteiger partial charge >= 0.3 is 5.97 Å². The van der Waals surface area contributed by atoms with Crippen LogP contribution in [0.4, 0.5) is 0 Å². The van der Waals surface area contributed by atoms with Crippen LogP contribution in [0.25, 0.3) is 0 Å². The van der Waals surface area contributed by atoms with Crippen molar-refractivity contribution in [1.29, 1.82) is 0 Å². The van der Waals surface area contributed by atoms with Gasteiger partial charge < -0.3 is 31.8 Å². The summed E-state index contributed by atoms with van der Waals surface area (Å²) in [6, 6.07) is -3.82. The molecule has 11 nitrogen and oxygen atoms in total. The minimum atomic E-state index is -1.14. The van der Waals surface area contributed by atoms with Gasteiger partial charge in [-0.25, -0.2) is 9.78 Å². The zero-order valence-corrected chi connectivity index (χ0v) is 19.3. The van der Waals surface area contributed by atoms with Gasteiger partial charge in [-0.15, -0.1) is 0 Å². The number of nitrogens with two attached hydrogens (primary N) is 1. The van der Waals surface area contributed by atoms with Crippen molar-refractivity contribution in [3.8, 4) is 0 Å². The van der Waals surface area contributed by atoms with Crippen LogP contribution in [0.5, 0.6) is 0 Å². The molecule has 1 heterocycles. The van der Waals surface area contributed by atoms with Gasteiger partial charge in [0.15, 0.2) is 0 Å². The van der Waals surface area contributed by atoms with E-state index in [4.69, 9.17) is 5.73 Å². The molecular weight excluding hydrogens is 416 g/mol. The summed E-state index contributed by atoms with van der Waals surface area (Å²) in [6.07, 6.45) is 4.14. The standard InChI is InChI=1S/C21H36N6O5/c1-6-12(4)17(27-19(29)15(22)8-14-9-23-10-24-14)20(30)25-13(5)18(28)26-16(21(31)32)7-11(2)3/h9-13,15-17H,6-8,22H2,1-5H3,(H,23,24)(H,25,30)(H,26,28)(H,27,29)(H,31,32). The minimum Gasteiger partial charge on any atom is -0.480 e. The molecule has 7 N–H and O–H groups in total. The van der Waals surface area contributed by atoms with E-state index in [2.05, 4.69) is 25.9 Å². The van der Waals surface area contributed by atoms with Gasteiger partial charge in [0.1, 0.15) is 18.1 Å². The number of carbonyl (C=O) groups is 4. The Kier molecular flexibility index (Phi) is 10.8. The van der Waals surface area contributed by atoms with E-state index in [1.54, 1.807) is 13.1 Å². The van der Waals surface area contributed by atoms with Crippen LogP contribution < -0.4 is 21.7 Å². The van der Waals surface area contributed by atoms with E-state index in [0.29, 0.717) is 12.1 Å². The average molecular weight is 453 g/mol. The molecule has 0 saturated heterocycles. The molecule has 0 aliphatic heterocycles. The molecule has 1 aromatic rings. The van der Waals surface area contributed by atoms with Gasteiger partial charge in [0.2, 0.25) is 17.7 Å². The number of nitrogens with one attached hydrogen (secondary N) is 4. The highest BCUT2D eigenvalue weighted by Gasteiger charge is 2.31. The molecule has 0 aliphatic rings. The second-order valence-corrected chi connectivity index (χ2v) is 8.52. The van der Waals surface area contributed by atoms with Crippen molar-refractivity contribution in [2.45, 2.75) is 78.0 Å². The first-order valence-corrected chi connectivity index (χ1v) is 10.8. The number of nitrogens with zero attached hydrogens (tertiary/aromatic N) is 1.